The molecule has 0 N–H and O–H groups in total. The topological polar surface area (TPSA) is 34.9 Å². The van der Waals surface area contributed by atoms with Gasteiger partial charge in [-0.15, -0.1) is 0 Å². The van der Waals surface area contributed by atoms with Crippen molar-refractivity contribution in [2.75, 3.05) is 0 Å². The number of rotatable bonds is 4. The number of carbonyl (C=O) groups is 1. The SMILES string of the molecule is CC.Cc1c(C=O)nn(Cc2ccccc2)c1C(C)C. The summed E-state index contributed by atoms with van der Waals surface area (Å²) in [5.41, 5.74) is 3.88. The van der Waals surface area contributed by atoms with Crippen molar-refractivity contribution in [1.82, 2.24) is 9.78 Å². The predicted molar refractivity (Wildman–Crippen MR) is 83.3 cm³/mol. The van der Waals surface area contributed by atoms with Gasteiger partial charge in [0.2, 0.25) is 0 Å². The van der Waals surface area contributed by atoms with Gasteiger partial charge in [0.25, 0.3) is 0 Å². The van der Waals surface area contributed by atoms with Gasteiger partial charge >= 0.3 is 0 Å². The van der Waals surface area contributed by atoms with E-state index in [9.17, 15) is 4.79 Å². The van der Waals surface area contributed by atoms with E-state index >= 15 is 0 Å². The molecule has 1 aromatic heterocycles. The number of hydrogen-bond donors (Lipinski definition) is 0. The van der Waals surface area contributed by atoms with Crippen LogP contribution in [0.2, 0.25) is 0 Å². The molecule has 0 saturated carbocycles. The molecule has 108 valence electrons. The van der Waals surface area contributed by atoms with E-state index in [2.05, 4.69) is 31.1 Å². The minimum Gasteiger partial charge on any atom is -0.296 e. The summed E-state index contributed by atoms with van der Waals surface area (Å²) in [6.45, 7) is 10.9. The molecule has 1 heterocycles. The number of carbonyl (C=O) groups excluding carboxylic acids is 1. The van der Waals surface area contributed by atoms with Crippen LogP contribution in [0.5, 0.6) is 0 Å². The van der Waals surface area contributed by atoms with Gasteiger partial charge in [-0.3, -0.25) is 9.48 Å². The second-order valence-corrected chi connectivity index (χ2v) is 4.81. The Morgan fingerprint density at radius 2 is 1.80 bits per heavy atom. The second-order valence-electron chi connectivity index (χ2n) is 4.81. The third kappa shape index (κ3) is 3.56. The van der Waals surface area contributed by atoms with E-state index in [1.54, 1.807) is 0 Å². The number of hydrogen-bond acceptors (Lipinski definition) is 2. The Labute approximate surface area is 121 Å². The van der Waals surface area contributed by atoms with Gasteiger partial charge in [0, 0.05) is 11.3 Å². The quantitative estimate of drug-likeness (QED) is 0.782. The molecule has 1 aromatic carbocycles. The fourth-order valence-electron chi connectivity index (χ4n) is 2.30. The fourth-order valence-corrected chi connectivity index (χ4v) is 2.30. The minimum atomic E-state index is 0.356. The van der Waals surface area contributed by atoms with Gasteiger partial charge in [-0.05, 0) is 18.4 Å². The maximum atomic E-state index is 11.0. The summed E-state index contributed by atoms with van der Waals surface area (Å²) in [5.74, 6) is 0.356. The lowest BCUT2D eigenvalue weighted by Crippen LogP contribution is -2.08. The molecule has 0 atom stereocenters. The van der Waals surface area contributed by atoms with Crippen LogP contribution in [0.15, 0.2) is 30.3 Å². The summed E-state index contributed by atoms with van der Waals surface area (Å²) in [6, 6.07) is 10.2. The van der Waals surface area contributed by atoms with Crippen LogP contribution in [0.1, 0.15) is 60.9 Å². The van der Waals surface area contributed by atoms with Crippen LogP contribution in [0.3, 0.4) is 0 Å². The summed E-state index contributed by atoms with van der Waals surface area (Å²) in [6.07, 6.45) is 0.836. The Bertz CT molecular complexity index is 542. The van der Waals surface area contributed by atoms with Crippen LogP contribution in [0.4, 0.5) is 0 Å². The molecule has 0 aliphatic carbocycles. The zero-order valence-corrected chi connectivity index (χ0v) is 13.1. The normalized spacial score (nSPS) is 10.1. The van der Waals surface area contributed by atoms with Gasteiger partial charge in [-0.2, -0.15) is 5.10 Å². The van der Waals surface area contributed by atoms with Crippen LogP contribution in [0, 0.1) is 6.92 Å². The standard InChI is InChI=1S/C15H18N2O.C2H6/c1-11(2)15-12(3)14(10-18)16-17(15)9-13-7-5-4-6-8-13;1-2/h4-8,10-11H,9H2,1-3H3;1-2H3. The van der Waals surface area contributed by atoms with E-state index in [0.717, 1.165) is 17.5 Å². The summed E-state index contributed by atoms with van der Waals surface area (Å²) in [4.78, 5) is 11.0. The monoisotopic (exact) mass is 272 g/mol. The largest absolute Gasteiger partial charge is 0.296 e. The minimum absolute atomic E-state index is 0.356. The molecule has 20 heavy (non-hydrogen) atoms. The Morgan fingerprint density at radius 3 is 2.30 bits per heavy atom. The lowest BCUT2D eigenvalue weighted by atomic mass is 10.0. The average molecular weight is 272 g/mol. The first-order valence-electron chi connectivity index (χ1n) is 7.20. The first kappa shape index (κ1) is 16.2. The van der Waals surface area contributed by atoms with Gasteiger partial charge in [-0.25, -0.2) is 0 Å². The molecule has 2 aromatic rings. The fraction of sp³-hybridized carbons (Fsp3) is 0.412. The van der Waals surface area contributed by atoms with E-state index in [1.165, 1.54) is 5.56 Å². The van der Waals surface area contributed by atoms with E-state index < -0.39 is 0 Å². The van der Waals surface area contributed by atoms with Crippen molar-refractivity contribution in [3.05, 3.63) is 52.8 Å². The highest BCUT2D eigenvalue weighted by Crippen LogP contribution is 2.22. The first-order valence-corrected chi connectivity index (χ1v) is 7.20. The highest BCUT2D eigenvalue weighted by Gasteiger charge is 2.16. The van der Waals surface area contributed by atoms with Gasteiger partial charge in [-0.1, -0.05) is 58.0 Å². The van der Waals surface area contributed by atoms with Crippen LogP contribution in [0.25, 0.3) is 0 Å². The van der Waals surface area contributed by atoms with Crippen molar-refractivity contribution < 1.29 is 4.79 Å². The van der Waals surface area contributed by atoms with E-state index in [0.29, 0.717) is 18.2 Å². The van der Waals surface area contributed by atoms with E-state index in [4.69, 9.17) is 0 Å². The van der Waals surface area contributed by atoms with Gasteiger partial charge in [0.15, 0.2) is 6.29 Å². The Morgan fingerprint density at radius 1 is 1.20 bits per heavy atom. The van der Waals surface area contributed by atoms with Crippen molar-refractivity contribution >= 4 is 6.29 Å². The molecule has 3 nitrogen and oxygen atoms in total. The number of aromatic nitrogens is 2. The van der Waals surface area contributed by atoms with Crippen molar-refractivity contribution in [2.45, 2.75) is 47.1 Å². The molecule has 0 amide bonds. The molecule has 2 rings (SSSR count). The molecule has 0 unspecified atom stereocenters. The van der Waals surface area contributed by atoms with Crippen LogP contribution in [-0.4, -0.2) is 16.1 Å². The van der Waals surface area contributed by atoms with E-state index in [1.807, 2.05) is 43.7 Å². The number of nitrogens with zero attached hydrogens (tertiary/aromatic N) is 2. The Balaban J connectivity index is 0.000000956. The molecule has 3 heteroatoms. The predicted octanol–water partition coefficient (Wildman–Crippen LogP) is 4.20. The molecular formula is C17H24N2O. The van der Waals surface area contributed by atoms with Crippen LogP contribution in [-0.2, 0) is 6.54 Å². The summed E-state index contributed by atoms with van der Waals surface area (Å²) < 4.78 is 1.94. The number of aldehydes is 1. The molecular weight excluding hydrogens is 248 g/mol. The lowest BCUT2D eigenvalue weighted by molar-refractivity contribution is 0.111. The average Bonchev–Trinajstić information content (AvgIpc) is 2.78. The molecule has 0 bridgehead atoms. The molecule has 0 aliphatic heterocycles. The molecule has 0 aliphatic rings. The lowest BCUT2D eigenvalue weighted by Gasteiger charge is -2.11. The highest BCUT2D eigenvalue weighted by atomic mass is 16.1. The highest BCUT2D eigenvalue weighted by molar-refractivity contribution is 5.74. The zero-order valence-electron chi connectivity index (χ0n) is 13.1. The smallest absolute Gasteiger partial charge is 0.170 e. The molecule has 0 saturated heterocycles. The summed E-state index contributed by atoms with van der Waals surface area (Å²) in [7, 11) is 0. The van der Waals surface area contributed by atoms with Gasteiger partial charge in [0.1, 0.15) is 5.69 Å². The summed E-state index contributed by atoms with van der Waals surface area (Å²) in [5, 5.41) is 4.39. The molecule has 0 radical (unpaired) electrons. The third-order valence-corrected chi connectivity index (χ3v) is 3.11. The van der Waals surface area contributed by atoms with Crippen molar-refractivity contribution in [3.63, 3.8) is 0 Å². The van der Waals surface area contributed by atoms with Crippen molar-refractivity contribution in [2.24, 2.45) is 0 Å². The second kappa shape index (κ2) is 7.63. The van der Waals surface area contributed by atoms with Gasteiger partial charge < -0.3 is 0 Å². The van der Waals surface area contributed by atoms with Crippen LogP contribution < -0.4 is 0 Å². The van der Waals surface area contributed by atoms with Crippen molar-refractivity contribution in [3.8, 4) is 0 Å². The van der Waals surface area contributed by atoms with Crippen LogP contribution >= 0.6 is 0 Å². The maximum Gasteiger partial charge on any atom is 0.170 e. The van der Waals surface area contributed by atoms with E-state index in [-0.39, 0.29) is 0 Å². The zero-order chi connectivity index (χ0) is 15.1. The maximum absolute atomic E-state index is 11.0. The number of benzene rings is 1. The van der Waals surface area contributed by atoms with Gasteiger partial charge in [0.05, 0.1) is 6.54 Å². The molecule has 0 fully saturated rings. The Kier molecular flexibility index (Phi) is 6.16. The Hall–Kier alpha value is -1.90. The third-order valence-electron chi connectivity index (χ3n) is 3.11. The summed E-state index contributed by atoms with van der Waals surface area (Å²) >= 11 is 0. The molecule has 0 spiro atoms. The first-order chi connectivity index (χ1) is 9.63. The van der Waals surface area contributed by atoms with Crippen molar-refractivity contribution in [1.29, 1.82) is 0 Å².